The number of rotatable bonds is 5. The van der Waals surface area contributed by atoms with Gasteiger partial charge in [-0.2, -0.15) is 5.10 Å². The van der Waals surface area contributed by atoms with E-state index in [9.17, 15) is 4.79 Å². The molecule has 0 radical (unpaired) electrons. The molecule has 3 rings (SSSR count). The smallest absolute Gasteiger partial charge is 0.261 e. The third-order valence-corrected chi connectivity index (χ3v) is 4.12. The number of carbonyl (C=O) groups excluding carboxylic acids is 1. The Kier molecular flexibility index (Phi) is 4.45. The van der Waals surface area contributed by atoms with Crippen molar-refractivity contribution in [2.75, 3.05) is 6.54 Å². The van der Waals surface area contributed by atoms with E-state index in [-0.39, 0.29) is 5.91 Å². The first-order valence-corrected chi connectivity index (χ1v) is 7.75. The van der Waals surface area contributed by atoms with E-state index in [2.05, 4.69) is 20.4 Å². The Morgan fingerprint density at radius 1 is 1.27 bits per heavy atom. The number of nitrogens with zero attached hydrogens (tertiary/aromatic N) is 4. The van der Waals surface area contributed by atoms with Crippen LogP contribution >= 0.6 is 22.9 Å². The topological polar surface area (TPSA) is 72.7 Å². The number of hydrogen-bond acceptors (Lipinski definition) is 5. The van der Waals surface area contributed by atoms with Crippen molar-refractivity contribution in [1.82, 2.24) is 25.1 Å². The van der Waals surface area contributed by atoms with Crippen molar-refractivity contribution in [3.63, 3.8) is 0 Å². The van der Waals surface area contributed by atoms with E-state index in [1.165, 1.54) is 11.3 Å². The summed E-state index contributed by atoms with van der Waals surface area (Å²) < 4.78 is 2.36. The summed E-state index contributed by atoms with van der Waals surface area (Å²) in [6, 6.07) is 5.29. The van der Waals surface area contributed by atoms with Crippen molar-refractivity contribution in [3.05, 3.63) is 52.2 Å². The number of nitrogens with one attached hydrogen (secondary N) is 1. The molecule has 1 amide bonds. The second-order valence-corrected chi connectivity index (χ2v) is 6.13. The number of thiophene rings is 1. The minimum absolute atomic E-state index is 0.127. The van der Waals surface area contributed by atoms with Crippen molar-refractivity contribution in [3.8, 4) is 11.4 Å². The molecule has 0 aliphatic rings. The number of halogens is 1. The molecule has 8 heteroatoms. The van der Waals surface area contributed by atoms with Crippen LogP contribution in [0.25, 0.3) is 11.4 Å². The van der Waals surface area contributed by atoms with Crippen LogP contribution in [0.15, 0.2) is 43.0 Å². The molecule has 0 saturated heterocycles. The Balaban J connectivity index is 1.54. The standard InChI is InChI=1S/C14H12ClN5OS/c15-13-2-1-12(22-13)14(21)18-6-8-20-7-3-10(19-20)11-9-16-4-5-17-11/h1-5,7,9H,6,8H2,(H,18,21). The maximum Gasteiger partial charge on any atom is 0.261 e. The first kappa shape index (κ1) is 14.7. The average molecular weight is 334 g/mol. The first-order valence-electron chi connectivity index (χ1n) is 6.56. The van der Waals surface area contributed by atoms with Gasteiger partial charge in [0.05, 0.1) is 22.0 Å². The second kappa shape index (κ2) is 6.67. The fourth-order valence-corrected chi connectivity index (χ4v) is 2.82. The number of hydrogen-bond donors (Lipinski definition) is 1. The van der Waals surface area contributed by atoms with Gasteiger partial charge >= 0.3 is 0 Å². The lowest BCUT2D eigenvalue weighted by atomic mass is 10.3. The van der Waals surface area contributed by atoms with Gasteiger partial charge in [0.25, 0.3) is 5.91 Å². The summed E-state index contributed by atoms with van der Waals surface area (Å²) in [5.41, 5.74) is 1.47. The summed E-state index contributed by atoms with van der Waals surface area (Å²) >= 11 is 7.07. The van der Waals surface area contributed by atoms with Crippen molar-refractivity contribution in [2.45, 2.75) is 6.54 Å². The lowest BCUT2D eigenvalue weighted by molar-refractivity contribution is 0.0956. The van der Waals surface area contributed by atoms with Gasteiger partial charge in [-0.1, -0.05) is 11.6 Å². The molecule has 6 nitrogen and oxygen atoms in total. The molecule has 112 valence electrons. The number of amides is 1. The van der Waals surface area contributed by atoms with Crippen LogP contribution in [0.4, 0.5) is 0 Å². The molecule has 3 heterocycles. The van der Waals surface area contributed by atoms with Gasteiger partial charge in [0.15, 0.2) is 0 Å². The quantitative estimate of drug-likeness (QED) is 0.778. The fraction of sp³-hybridized carbons (Fsp3) is 0.143. The van der Waals surface area contributed by atoms with Crippen molar-refractivity contribution >= 4 is 28.8 Å². The molecular formula is C14H12ClN5OS. The highest BCUT2D eigenvalue weighted by Gasteiger charge is 2.08. The van der Waals surface area contributed by atoms with Crippen LogP contribution in [0.5, 0.6) is 0 Å². The summed E-state index contributed by atoms with van der Waals surface area (Å²) in [4.78, 5) is 20.7. The lowest BCUT2D eigenvalue weighted by Crippen LogP contribution is -2.26. The first-order chi connectivity index (χ1) is 10.7. The minimum Gasteiger partial charge on any atom is -0.349 e. The normalized spacial score (nSPS) is 10.6. The minimum atomic E-state index is -0.127. The Bertz CT molecular complexity index is 770. The van der Waals surface area contributed by atoms with E-state index in [0.29, 0.717) is 22.3 Å². The Morgan fingerprint density at radius 3 is 2.91 bits per heavy atom. The van der Waals surface area contributed by atoms with Gasteiger partial charge in [-0.25, -0.2) is 0 Å². The van der Waals surface area contributed by atoms with E-state index in [1.807, 2.05) is 12.3 Å². The largest absolute Gasteiger partial charge is 0.349 e. The van der Waals surface area contributed by atoms with Crippen LogP contribution < -0.4 is 5.32 Å². The molecule has 0 aromatic carbocycles. The van der Waals surface area contributed by atoms with E-state index < -0.39 is 0 Å². The predicted octanol–water partition coefficient (Wildman–Crippen LogP) is 2.49. The van der Waals surface area contributed by atoms with Crippen LogP contribution in [0.3, 0.4) is 0 Å². The van der Waals surface area contributed by atoms with Gasteiger partial charge in [-0.3, -0.25) is 19.4 Å². The summed E-state index contributed by atoms with van der Waals surface area (Å²) in [7, 11) is 0. The molecular weight excluding hydrogens is 322 g/mol. The van der Waals surface area contributed by atoms with Gasteiger partial charge < -0.3 is 5.32 Å². The van der Waals surface area contributed by atoms with Crippen molar-refractivity contribution < 1.29 is 4.79 Å². The van der Waals surface area contributed by atoms with Crippen LogP contribution in [0.2, 0.25) is 4.34 Å². The molecule has 0 aliphatic heterocycles. The Labute approximate surface area is 135 Å². The van der Waals surface area contributed by atoms with E-state index in [4.69, 9.17) is 11.6 Å². The highest BCUT2D eigenvalue weighted by atomic mass is 35.5. The average Bonchev–Trinajstić information content (AvgIpc) is 3.17. The molecule has 3 aromatic heterocycles. The van der Waals surface area contributed by atoms with Crippen molar-refractivity contribution in [1.29, 1.82) is 0 Å². The van der Waals surface area contributed by atoms with E-state index in [1.54, 1.807) is 35.4 Å². The Morgan fingerprint density at radius 2 is 2.18 bits per heavy atom. The second-order valence-electron chi connectivity index (χ2n) is 4.41. The fourth-order valence-electron chi connectivity index (χ4n) is 1.86. The van der Waals surface area contributed by atoms with Crippen LogP contribution in [-0.2, 0) is 6.54 Å². The SMILES string of the molecule is O=C(NCCn1ccc(-c2cnccn2)n1)c1ccc(Cl)s1. The molecule has 3 aromatic rings. The molecule has 0 atom stereocenters. The van der Waals surface area contributed by atoms with E-state index >= 15 is 0 Å². The predicted molar refractivity (Wildman–Crippen MR) is 84.9 cm³/mol. The molecule has 0 bridgehead atoms. The van der Waals surface area contributed by atoms with Crippen LogP contribution in [0, 0.1) is 0 Å². The van der Waals surface area contributed by atoms with Gasteiger partial charge in [0.2, 0.25) is 0 Å². The van der Waals surface area contributed by atoms with Gasteiger partial charge in [0, 0.05) is 25.1 Å². The zero-order valence-electron chi connectivity index (χ0n) is 11.4. The summed E-state index contributed by atoms with van der Waals surface area (Å²) in [6.45, 7) is 1.06. The molecule has 0 saturated carbocycles. The third-order valence-electron chi connectivity index (χ3n) is 2.89. The summed E-state index contributed by atoms with van der Waals surface area (Å²) in [6.07, 6.45) is 6.75. The zero-order valence-corrected chi connectivity index (χ0v) is 13.0. The summed E-state index contributed by atoms with van der Waals surface area (Å²) in [5, 5.41) is 7.23. The number of aromatic nitrogens is 4. The maximum absolute atomic E-state index is 11.9. The van der Waals surface area contributed by atoms with Crippen molar-refractivity contribution in [2.24, 2.45) is 0 Å². The molecule has 0 fully saturated rings. The van der Waals surface area contributed by atoms with Gasteiger partial charge in [-0.05, 0) is 18.2 Å². The maximum atomic E-state index is 11.9. The monoisotopic (exact) mass is 333 g/mol. The van der Waals surface area contributed by atoms with Gasteiger partial charge in [-0.15, -0.1) is 11.3 Å². The summed E-state index contributed by atoms with van der Waals surface area (Å²) in [5.74, 6) is -0.127. The molecule has 0 spiro atoms. The van der Waals surface area contributed by atoms with Crippen LogP contribution in [-0.4, -0.2) is 32.2 Å². The number of carbonyl (C=O) groups is 1. The molecule has 1 N–H and O–H groups in total. The third kappa shape index (κ3) is 3.49. The molecule has 0 aliphatic carbocycles. The molecule has 0 unspecified atom stereocenters. The highest BCUT2D eigenvalue weighted by Crippen LogP contribution is 2.21. The highest BCUT2D eigenvalue weighted by molar-refractivity contribution is 7.17. The zero-order chi connectivity index (χ0) is 15.4. The Hall–Kier alpha value is -2.25. The van der Waals surface area contributed by atoms with Crippen LogP contribution in [0.1, 0.15) is 9.67 Å². The van der Waals surface area contributed by atoms with E-state index in [0.717, 1.165) is 11.4 Å². The molecule has 22 heavy (non-hydrogen) atoms. The lowest BCUT2D eigenvalue weighted by Gasteiger charge is -2.03. The van der Waals surface area contributed by atoms with Gasteiger partial charge in [0.1, 0.15) is 11.4 Å².